The fraction of sp³-hybridized carbons (Fsp3) is 0.419. The quantitative estimate of drug-likeness (QED) is 0.269. The zero-order chi connectivity index (χ0) is 35.8. The molecular weight excluding hydrogens is 674 g/mol. The van der Waals surface area contributed by atoms with Gasteiger partial charge in [0.2, 0.25) is 0 Å². The van der Waals surface area contributed by atoms with Gasteiger partial charge in [0.05, 0.1) is 5.56 Å². The summed E-state index contributed by atoms with van der Waals surface area (Å²) in [6, 6.07) is 8.78. The number of aromatic nitrogens is 3. The van der Waals surface area contributed by atoms with E-state index >= 15 is 0 Å². The van der Waals surface area contributed by atoms with Gasteiger partial charge in [0.15, 0.2) is 0 Å². The first-order valence-corrected chi connectivity index (χ1v) is 17.4. The Morgan fingerprint density at radius 2 is 1.78 bits per heavy atom. The molecule has 1 amide bonds. The molecule has 3 aliphatic heterocycles. The predicted octanol–water partition coefficient (Wildman–Crippen LogP) is 1.13. The van der Waals surface area contributed by atoms with Gasteiger partial charge in [-0.25, -0.2) is 0 Å². The first-order valence-electron chi connectivity index (χ1n) is 15.9. The van der Waals surface area contributed by atoms with E-state index in [4.69, 9.17) is 19.0 Å². The molecule has 0 saturated carbocycles. The number of pyridine rings is 1. The van der Waals surface area contributed by atoms with Crippen LogP contribution in [0.5, 0.6) is 0 Å². The molecule has 14 nitrogen and oxygen atoms in total. The Kier molecular flexibility index (Phi) is 9.47. The van der Waals surface area contributed by atoms with Crippen molar-refractivity contribution in [3.63, 3.8) is 0 Å². The second-order valence-corrected chi connectivity index (χ2v) is 14.4. The van der Waals surface area contributed by atoms with Crippen LogP contribution >= 0.6 is 0 Å². The molecule has 6 rings (SSSR count). The molecule has 1 radical (unpaired) electrons. The summed E-state index contributed by atoms with van der Waals surface area (Å²) in [5, 5.41) is 6.05. The van der Waals surface area contributed by atoms with E-state index in [9.17, 15) is 26.4 Å². The Bertz CT molecular complexity index is 1940. The van der Waals surface area contributed by atoms with Crippen molar-refractivity contribution in [2.45, 2.75) is 42.8 Å². The van der Waals surface area contributed by atoms with Crippen LogP contribution in [0.3, 0.4) is 0 Å². The first kappa shape index (κ1) is 35.1. The number of nitrogens with zero attached hydrogens (tertiary/aromatic N) is 7. The fourth-order valence-electron chi connectivity index (χ4n) is 6.22. The first-order chi connectivity index (χ1) is 23.6. The molecule has 19 heteroatoms. The van der Waals surface area contributed by atoms with E-state index in [0.717, 1.165) is 12.3 Å². The average molecular weight is 711 g/mol. The second-order valence-electron chi connectivity index (χ2n) is 12.5. The summed E-state index contributed by atoms with van der Waals surface area (Å²) in [7, 11) is 2.70. The molecule has 0 unspecified atom stereocenters. The maximum absolute atomic E-state index is 13.7. The predicted molar refractivity (Wildman–Crippen MR) is 183 cm³/mol. The molecule has 0 aliphatic carbocycles. The van der Waals surface area contributed by atoms with E-state index in [2.05, 4.69) is 30.6 Å². The van der Waals surface area contributed by atoms with Crippen LogP contribution in [0.4, 0.5) is 30.6 Å². The van der Waals surface area contributed by atoms with Crippen LogP contribution in [0.2, 0.25) is 0 Å². The number of benzene rings is 1. The van der Waals surface area contributed by atoms with Gasteiger partial charge in [0.25, 0.3) is 0 Å². The average Bonchev–Trinajstić information content (AvgIpc) is 3.29. The number of nitrogen functional groups attached to an aromatic ring is 2. The van der Waals surface area contributed by atoms with Gasteiger partial charge in [-0.3, -0.25) is 0 Å². The summed E-state index contributed by atoms with van der Waals surface area (Å²) < 4.78 is 67.8. The van der Waals surface area contributed by atoms with E-state index in [0.29, 0.717) is 74.1 Å². The zero-order valence-corrected chi connectivity index (χ0v) is 28.1. The summed E-state index contributed by atoms with van der Waals surface area (Å²) in [4.78, 5) is 33.2. The molecule has 0 atom stereocenters. The van der Waals surface area contributed by atoms with Gasteiger partial charge in [0.1, 0.15) is 5.82 Å². The molecule has 1 spiro atoms. The number of alkyl halides is 3. The standard InChI is InChI=1S/C31H36BF3N11O3S/c1-19-26(36)41-27(37)24(40-19)28(47)42-29-39-18-30(43-29)8-12-45(13-9-30)25(32)20-4-2-5-22(16-20)50(48,49)46-11-3-10-44(14-15-46)23-7-6-21(17-38-23)31(33,34)35/h2,4-7,16-17H,3,8-15,18H2,1H3,(H4,36,37,41)(H2,39,42,43,47). The van der Waals surface area contributed by atoms with Crippen molar-refractivity contribution in [2.24, 2.45) is 4.99 Å². The van der Waals surface area contributed by atoms with E-state index in [1.807, 2.05) is 4.90 Å². The van der Waals surface area contributed by atoms with Crippen LogP contribution in [0.1, 0.15) is 46.6 Å². The van der Waals surface area contributed by atoms with E-state index in [1.165, 1.54) is 16.4 Å². The number of amides is 1. The van der Waals surface area contributed by atoms with Crippen molar-refractivity contribution >= 4 is 52.4 Å². The molecule has 6 N–H and O–H groups in total. The number of hydrogen-bond acceptors (Lipinski definition) is 12. The Morgan fingerprint density at radius 3 is 2.48 bits per heavy atom. The number of guanidine groups is 1. The molecule has 1 aromatic carbocycles. The van der Waals surface area contributed by atoms with Gasteiger partial charge in [0, 0.05) is 0 Å². The van der Waals surface area contributed by atoms with Gasteiger partial charge in [-0.2, -0.15) is 13.2 Å². The number of nitrogens with two attached hydrogens (primary N) is 2. The van der Waals surface area contributed by atoms with Crippen molar-refractivity contribution in [1.29, 1.82) is 0 Å². The van der Waals surface area contributed by atoms with Gasteiger partial charge in [-0.1, -0.05) is 0 Å². The molecule has 3 aromatic rings. The molecule has 2 aromatic heterocycles. The number of aryl methyl sites for hydroxylation is 1. The third-order valence-electron chi connectivity index (χ3n) is 9.19. The van der Waals surface area contributed by atoms with Crippen molar-refractivity contribution < 1.29 is 26.4 Å². The van der Waals surface area contributed by atoms with Crippen LogP contribution in [-0.4, -0.2) is 109 Å². The molecule has 50 heavy (non-hydrogen) atoms. The number of halogens is 3. The second kappa shape index (κ2) is 13.5. The van der Waals surface area contributed by atoms with Crippen LogP contribution in [-0.2, 0) is 16.2 Å². The minimum atomic E-state index is -4.49. The number of rotatable bonds is 6. The van der Waals surface area contributed by atoms with Gasteiger partial charge in [-0.05, 0) is 6.92 Å². The summed E-state index contributed by atoms with van der Waals surface area (Å²) in [6.07, 6.45) is -1.93. The number of piperidine rings is 1. The molecule has 2 fully saturated rings. The topological polar surface area (TPSA) is 188 Å². The number of nitrogens with one attached hydrogen (secondary N) is 2. The Morgan fingerprint density at radius 1 is 1.02 bits per heavy atom. The number of aliphatic imine (C=N–C) groups is 1. The minimum absolute atomic E-state index is 0.0446. The normalized spacial score (nSPS) is 18.3. The molecular formula is C31H36BF3N11O3S. The zero-order valence-electron chi connectivity index (χ0n) is 27.2. The van der Waals surface area contributed by atoms with E-state index < -0.39 is 33.2 Å². The molecule has 263 valence electrons. The maximum atomic E-state index is 13.7. The number of sulfonamides is 1. The van der Waals surface area contributed by atoms with Crippen molar-refractivity contribution in [1.82, 2.24) is 34.8 Å². The molecule has 3 aliphatic rings. The number of carbonyl (C=O) groups is 1. The summed E-state index contributed by atoms with van der Waals surface area (Å²) in [5.74, 6) is 0.177. The van der Waals surface area contributed by atoms with Crippen molar-refractivity contribution in [3.05, 3.63) is 65.1 Å². The Labute approximate surface area is 288 Å². The number of likely N-dealkylation sites (tertiary alicyclic amines) is 1. The third kappa shape index (κ3) is 7.23. The summed E-state index contributed by atoms with van der Waals surface area (Å²) in [5.41, 5.74) is 11.7. The summed E-state index contributed by atoms with van der Waals surface area (Å²) >= 11 is 0. The number of anilines is 3. The Balaban J connectivity index is 1.04. The number of carbonyl (C=O) groups excluding carboxylic acids is 1. The molecule has 0 bridgehead atoms. The SMILES string of the molecule is [B]=C(c1cccc(S(=O)(=O)N2CCCN(c3ccc(C(F)(F)F)cn3)CC2)c1)N1CCC2(CC1)CN=C(NC(=O)c1nc(C)c(N)nc1N)N2. The Hall–Kier alpha value is -4.78. The van der Waals surface area contributed by atoms with Gasteiger partial charge in [-0.15, -0.1) is 0 Å². The van der Waals surface area contributed by atoms with Crippen LogP contribution < -0.4 is 27.0 Å². The van der Waals surface area contributed by atoms with Crippen molar-refractivity contribution in [2.75, 3.05) is 62.2 Å². The molecule has 5 heterocycles. The third-order valence-corrected chi connectivity index (χ3v) is 11.1. The van der Waals surface area contributed by atoms with Crippen LogP contribution in [0.25, 0.3) is 0 Å². The van der Waals surface area contributed by atoms with Crippen molar-refractivity contribution in [3.8, 4) is 0 Å². The fourth-order valence-corrected chi connectivity index (χ4v) is 7.74. The van der Waals surface area contributed by atoms with Crippen LogP contribution in [0.15, 0.2) is 52.5 Å². The van der Waals surface area contributed by atoms with E-state index in [1.54, 1.807) is 30.0 Å². The van der Waals surface area contributed by atoms with E-state index in [-0.39, 0.29) is 41.9 Å². The monoisotopic (exact) mass is 710 g/mol. The number of hydrogen-bond donors (Lipinski definition) is 4. The summed E-state index contributed by atoms with van der Waals surface area (Å²) in [6.45, 7) is 4.28. The van der Waals surface area contributed by atoms with Gasteiger partial charge >= 0.3 is 251 Å². The molecule has 2 saturated heterocycles. The van der Waals surface area contributed by atoms with Gasteiger partial charge < -0.3 is 5.73 Å². The van der Waals surface area contributed by atoms with Crippen LogP contribution in [0, 0.1) is 6.92 Å².